The van der Waals surface area contributed by atoms with E-state index in [4.69, 9.17) is 9.96 Å². The summed E-state index contributed by atoms with van der Waals surface area (Å²) in [6.07, 6.45) is 3.99. The molecule has 7 heteroatoms. The molecular formula is C26H47N3O3Si. The normalized spacial score (nSPS) is 42.0. The first-order valence-electron chi connectivity index (χ1n) is 12.9. The Balaban J connectivity index is 1.94. The molecule has 6 nitrogen and oxygen atoms in total. The average molecular weight is 478 g/mol. The molecule has 3 saturated carbocycles. The van der Waals surface area contributed by atoms with Crippen molar-refractivity contribution < 1.29 is 14.6 Å². The molecule has 0 saturated heterocycles. The van der Waals surface area contributed by atoms with E-state index in [2.05, 4.69) is 64.3 Å². The number of nitrogens with zero attached hydrogens (tertiary/aromatic N) is 3. The Morgan fingerprint density at radius 2 is 1.85 bits per heavy atom. The molecule has 8 atom stereocenters. The van der Waals surface area contributed by atoms with Gasteiger partial charge in [0.1, 0.15) is 0 Å². The molecule has 3 aliphatic rings. The maximum Gasteiger partial charge on any atom is 0.191 e. The lowest BCUT2D eigenvalue weighted by Gasteiger charge is -2.57. The highest BCUT2D eigenvalue weighted by atomic mass is 28.4. The van der Waals surface area contributed by atoms with Gasteiger partial charge in [0, 0.05) is 18.1 Å². The summed E-state index contributed by atoms with van der Waals surface area (Å²) in [7, 11) is -1.94. The lowest BCUT2D eigenvalue weighted by molar-refractivity contribution is -0.135. The van der Waals surface area contributed by atoms with Crippen molar-refractivity contribution in [2.75, 3.05) is 13.2 Å². The highest BCUT2D eigenvalue weighted by molar-refractivity contribution is 6.74. The third-order valence-electron chi connectivity index (χ3n) is 10.6. The molecule has 2 unspecified atom stereocenters. The van der Waals surface area contributed by atoms with Gasteiger partial charge in [0.2, 0.25) is 0 Å². The van der Waals surface area contributed by atoms with E-state index >= 15 is 0 Å². The van der Waals surface area contributed by atoms with Gasteiger partial charge in [-0.05, 0) is 96.7 Å². The predicted octanol–water partition coefficient (Wildman–Crippen LogP) is 6.46. The first-order chi connectivity index (χ1) is 15.2. The van der Waals surface area contributed by atoms with Crippen LogP contribution in [0, 0.1) is 34.5 Å². The largest absolute Gasteiger partial charge is 0.417 e. The summed E-state index contributed by atoms with van der Waals surface area (Å²) in [5.41, 5.74) is 10.4. The van der Waals surface area contributed by atoms with Gasteiger partial charge in [0.15, 0.2) is 8.32 Å². The van der Waals surface area contributed by atoms with Crippen molar-refractivity contribution in [3.8, 4) is 0 Å². The van der Waals surface area contributed by atoms with Crippen LogP contribution in [0.3, 0.4) is 0 Å². The molecule has 0 aromatic carbocycles. The molecule has 3 aliphatic carbocycles. The molecule has 2 N–H and O–H groups in total. The molecule has 33 heavy (non-hydrogen) atoms. The Labute approximate surface area is 201 Å². The van der Waals surface area contributed by atoms with Crippen LogP contribution in [-0.4, -0.2) is 43.9 Å². The summed E-state index contributed by atoms with van der Waals surface area (Å²) in [5, 5.41) is 25.6. The van der Waals surface area contributed by atoms with Crippen LogP contribution in [-0.2, 0) is 4.43 Å². The Bertz CT molecular complexity index is 790. The second-order valence-corrected chi connectivity index (χ2v) is 18.0. The Kier molecular flexibility index (Phi) is 7.54. The van der Waals surface area contributed by atoms with Crippen molar-refractivity contribution in [1.82, 2.24) is 0 Å². The summed E-state index contributed by atoms with van der Waals surface area (Å²) in [4.78, 5) is 3.12. The van der Waals surface area contributed by atoms with Gasteiger partial charge in [-0.2, -0.15) is 0 Å². The second kappa shape index (κ2) is 9.31. The van der Waals surface area contributed by atoms with Crippen molar-refractivity contribution in [3.05, 3.63) is 22.6 Å². The number of hydrogen-bond acceptors (Lipinski definition) is 4. The van der Waals surface area contributed by atoms with E-state index in [-0.39, 0.29) is 27.7 Å². The zero-order valence-electron chi connectivity index (χ0n) is 22.0. The van der Waals surface area contributed by atoms with Gasteiger partial charge in [0.25, 0.3) is 0 Å². The van der Waals surface area contributed by atoms with E-state index in [0.717, 1.165) is 25.7 Å². The first-order valence-corrected chi connectivity index (χ1v) is 15.8. The summed E-state index contributed by atoms with van der Waals surface area (Å²) < 4.78 is 6.69. The van der Waals surface area contributed by atoms with Crippen molar-refractivity contribution in [1.29, 1.82) is 0 Å². The number of azide groups is 1. The average Bonchev–Trinajstić information content (AvgIpc) is 3.02. The molecule has 0 heterocycles. The van der Waals surface area contributed by atoms with Crippen LogP contribution in [0.25, 0.3) is 10.4 Å². The van der Waals surface area contributed by atoms with E-state index in [0.29, 0.717) is 37.8 Å². The first kappa shape index (κ1) is 26.7. The highest BCUT2D eigenvalue weighted by Crippen LogP contribution is 2.63. The van der Waals surface area contributed by atoms with Crippen LogP contribution >= 0.6 is 0 Å². The SMILES string of the molecule is C=C1CCC2[C@H](CN=[N+]=[N-])C([C@@]3(C)C[C@@H](O)[C@@H](O)C[C@@H]3CO[Si](C)(C)C(C)(C)C)CC[C@]12C. The van der Waals surface area contributed by atoms with Crippen molar-refractivity contribution in [2.24, 2.45) is 39.6 Å². The van der Waals surface area contributed by atoms with Gasteiger partial charge >= 0.3 is 0 Å². The standard InChI is InChI=1S/C26H47N3O3Si/c1-17-9-10-20-19(15-28-29-27)21(11-12-25(17,20)5)26(6)14-23(31)22(30)13-18(26)16-32-33(7,8)24(2,3)4/h18-23,30-31H,1,9-16H2,2-8H3/t18-,19+,20?,21?,22+,23-,25-,26+/m1/s1. The minimum absolute atomic E-state index is 0.114. The van der Waals surface area contributed by atoms with Gasteiger partial charge < -0.3 is 14.6 Å². The lowest BCUT2D eigenvalue weighted by atomic mass is 9.49. The third kappa shape index (κ3) is 4.81. The smallest absolute Gasteiger partial charge is 0.191 e. The molecule has 0 aliphatic heterocycles. The zero-order chi connectivity index (χ0) is 24.8. The van der Waals surface area contributed by atoms with Gasteiger partial charge in [-0.1, -0.05) is 51.9 Å². The number of hydrogen-bond donors (Lipinski definition) is 2. The molecule has 0 aromatic rings. The number of fused-ring (bicyclic) bond motifs is 1. The van der Waals surface area contributed by atoms with E-state index in [1.807, 2.05) is 0 Å². The van der Waals surface area contributed by atoms with Crippen LogP contribution in [0.2, 0.25) is 18.1 Å². The summed E-state index contributed by atoms with van der Waals surface area (Å²) in [6.45, 7) is 21.5. The molecule has 3 fully saturated rings. The van der Waals surface area contributed by atoms with E-state index < -0.39 is 20.5 Å². The highest BCUT2D eigenvalue weighted by Gasteiger charge is 2.58. The Hall–Kier alpha value is -0.853. The van der Waals surface area contributed by atoms with Crippen molar-refractivity contribution >= 4 is 8.32 Å². The molecule has 0 bridgehead atoms. The fourth-order valence-electron chi connectivity index (χ4n) is 7.11. The Morgan fingerprint density at radius 3 is 2.45 bits per heavy atom. The van der Waals surface area contributed by atoms with Crippen LogP contribution in [0.15, 0.2) is 17.3 Å². The zero-order valence-corrected chi connectivity index (χ0v) is 23.0. The van der Waals surface area contributed by atoms with E-state index in [1.54, 1.807) is 0 Å². The van der Waals surface area contributed by atoms with E-state index in [9.17, 15) is 10.2 Å². The number of rotatable bonds is 6. The third-order valence-corrected chi connectivity index (χ3v) is 15.1. The minimum atomic E-state index is -1.94. The number of allylic oxidation sites excluding steroid dienone is 1. The number of aliphatic hydroxyl groups excluding tert-OH is 2. The Morgan fingerprint density at radius 1 is 1.18 bits per heavy atom. The summed E-state index contributed by atoms with van der Waals surface area (Å²) in [5.74, 6) is 1.21. The molecule has 0 spiro atoms. The summed E-state index contributed by atoms with van der Waals surface area (Å²) >= 11 is 0. The number of aliphatic hydroxyl groups is 2. The van der Waals surface area contributed by atoms with Crippen molar-refractivity contribution in [2.45, 2.75) is 103 Å². The molecule has 0 amide bonds. The summed E-state index contributed by atoms with van der Waals surface area (Å²) in [6, 6.07) is 0. The fourth-order valence-corrected chi connectivity index (χ4v) is 8.16. The van der Waals surface area contributed by atoms with Crippen LogP contribution < -0.4 is 0 Å². The van der Waals surface area contributed by atoms with Gasteiger partial charge in [0.05, 0.1) is 12.2 Å². The maximum absolute atomic E-state index is 10.8. The fraction of sp³-hybridized carbons (Fsp3) is 0.923. The van der Waals surface area contributed by atoms with Crippen LogP contribution in [0.1, 0.15) is 73.1 Å². The second-order valence-electron chi connectivity index (χ2n) is 13.2. The predicted molar refractivity (Wildman–Crippen MR) is 136 cm³/mol. The monoisotopic (exact) mass is 477 g/mol. The van der Waals surface area contributed by atoms with Gasteiger partial charge in [-0.25, -0.2) is 0 Å². The van der Waals surface area contributed by atoms with E-state index in [1.165, 1.54) is 5.57 Å². The topological polar surface area (TPSA) is 98.5 Å². The van der Waals surface area contributed by atoms with Gasteiger partial charge in [-0.15, -0.1) is 0 Å². The quantitative estimate of drug-likeness (QED) is 0.151. The molecule has 188 valence electrons. The molecule has 0 radical (unpaired) electrons. The maximum atomic E-state index is 10.8. The molecule has 3 rings (SSSR count). The molecular weight excluding hydrogens is 430 g/mol. The van der Waals surface area contributed by atoms with Crippen molar-refractivity contribution in [3.63, 3.8) is 0 Å². The van der Waals surface area contributed by atoms with Gasteiger partial charge in [-0.3, -0.25) is 0 Å². The lowest BCUT2D eigenvalue weighted by Crippen LogP contribution is -2.56. The van der Waals surface area contributed by atoms with Crippen LogP contribution in [0.5, 0.6) is 0 Å². The van der Waals surface area contributed by atoms with Crippen LogP contribution in [0.4, 0.5) is 0 Å². The molecule has 0 aromatic heterocycles. The minimum Gasteiger partial charge on any atom is -0.417 e.